The van der Waals surface area contributed by atoms with E-state index in [4.69, 9.17) is 14.2 Å². The van der Waals surface area contributed by atoms with Gasteiger partial charge in [-0.05, 0) is 51.4 Å². The topological polar surface area (TPSA) is 68.8 Å². The van der Waals surface area contributed by atoms with E-state index in [9.17, 15) is 4.79 Å². The highest BCUT2D eigenvalue weighted by molar-refractivity contribution is 5.95. The van der Waals surface area contributed by atoms with Gasteiger partial charge < -0.3 is 24.8 Å². The summed E-state index contributed by atoms with van der Waals surface area (Å²) in [5.41, 5.74) is 0.394. The van der Waals surface area contributed by atoms with Crippen LogP contribution in [-0.4, -0.2) is 51.5 Å². The zero-order chi connectivity index (χ0) is 17.4. The van der Waals surface area contributed by atoms with Crippen molar-refractivity contribution in [1.82, 2.24) is 10.6 Å². The maximum atomic E-state index is 12.5. The lowest BCUT2D eigenvalue weighted by atomic mass is 9.98. The molecule has 1 aliphatic rings. The number of ether oxygens (including phenoxy) is 3. The first-order valence-electron chi connectivity index (χ1n) is 8.56. The molecule has 1 amide bonds. The molecule has 0 spiro atoms. The number of carbonyl (C=O) groups excluding carboxylic acids is 1. The van der Waals surface area contributed by atoms with Crippen molar-refractivity contribution >= 4 is 5.91 Å². The summed E-state index contributed by atoms with van der Waals surface area (Å²) in [7, 11) is 1.68. The van der Waals surface area contributed by atoms with Gasteiger partial charge >= 0.3 is 0 Å². The Hall–Kier alpha value is -1.79. The SMILES string of the molecule is CCOc1ccc(C(=O)NCC2(COC)CCCN2)cc1OCC. The number of methoxy groups -OCH3 is 1. The van der Waals surface area contributed by atoms with Crippen LogP contribution in [-0.2, 0) is 4.74 Å². The normalized spacial score (nSPS) is 20.0. The van der Waals surface area contributed by atoms with E-state index in [1.54, 1.807) is 25.3 Å². The Morgan fingerprint density at radius 3 is 2.62 bits per heavy atom. The predicted molar refractivity (Wildman–Crippen MR) is 93.0 cm³/mol. The van der Waals surface area contributed by atoms with Crippen LogP contribution in [0.3, 0.4) is 0 Å². The summed E-state index contributed by atoms with van der Waals surface area (Å²) < 4.78 is 16.4. The van der Waals surface area contributed by atoms with E-state index in [0.29, 0.717) is 43.4 Å². The summed E-state index contributed by atoms with van der Waals surface area (Å²) in [4.78, 5) is 12.5. The molecule has 1 saturated heterocycles. The highest BCUT2D eigenvalue weighted by Crippen LogP contribution is 2.28. The van der Waals surface area contributed by atoms with Crippen LogP contribution in [0.5, 0.6) is 11.5 Å². The van der Waals surface area contributed by atoms with E-state index in [-0.39, 0.29) is 11.4 Å². The zero-order valence-corrected chi connectivity index (χ0v) is 14.8. The molecule has 1 unspecified atom stereocenters. The average molecular weight is 336 g/mol. The molecule has 6 heteroatoms. The Morgan fingerprint density at radius 1 is 1.25 bits per heavy atom. The van der Waals surface area contributed by atoms with E-state index in [2.05, 4.69) is 10.6 Å². The smallest absolute Gasteiger partial charge is 0.251 e. The minimum atomic E-state index is -0.168. The van der Waals surface area contributed by atoms with Crippen LogP contribution in [0, 0.1) is 0 Å². The molecule has 0 aliphatic carbocycles. The second kappa shape index (κ2) is 8.89. The Bertz CT molecular complexity index is 542. The number of hydrogen-bond acceptors (Lipinski definition) is 5. The van der Waals surface area contributed by atoms with Crippen LogP contribution in [0.4, 0.5) is 0 Å². The van der Waals surface area contributed by atoms with Crippen molar-refractivity contribution in [2.75, 3.05) is 40.0 Å². The van der Waals surface area contributed by atoms with Gasteiger partial charge in [-0.15, -0.1) is 0 Å². The molecule has 1 atom stereocenters. The third kappa shape index (κ3) is 4.61. The highest BCUT2D eigenvalue weighted by Gasteiger charge is 2.33. The molecular weight excluding hydrogens is 308 g/mol. The predicted octanol–water partition coefficient (Wildman–Crippen LogP) is 1.98. The second-order valence-electron chi connectivity index (χ2n) is 5.95. The maximum absolute atomic E-state index is 12.5. The lowest BCUT2D eigenvalue weighted by Crippen LogP contribution is -2.53. The van der Waals surface area contributed by atoms with Gasteiger partial charge in [0.15, 0.2) is 11.5 Å². The molecule has 0 bridgehead atoms. The number of hydrogen-bond donors (Lipinski definition) is 2. The summed E-state index contributed by atoms with van der Waals surface area (Å²) in [5.74, 6) is 1.13. The molecule has 2 rings (SSSR count). The molecule has 1 heterocycles. The fraction of sp³-hybridized carbons (Fsp3) is 0.611. The molecule has 1 aromatic rings. The van der Waals surface area contributed by atoms with Crippen molar-refractivity contribution in [3.8, 4) is 11.5 Å². The lowest BCUT2D eigenvalue weighted by molar-refractivity contribution is 0.0891. The summed E-state index contributed by atoms with van der Waals surface area (Å²) in [6, 6.07) is 5.27. The maximum Gasteiger partial charge on any atom is 0.251 e. The van der Waals surface area contributed by atoms with Crippen LogP contribution < -0.4 is 20.1 Å². The summed E-state index contributed by atoms with van der Waals surface area (Å²) >= 11 is 0. The molecule has 1 aromatic carbocycles. The minimum absolute atomic E-state index is 0.122. The van der Waals surface area contributed by atoms with Gasteiger partial charge in [-0.2, -0.15) is 0 Å². The van der Waals surface area contributed by atoms with Gasteiger partial charge in [-0.25, -0.2) is 0 Å². The molecular formula is C18H28N2O4. The standard InChI is InChI=1S/C18H28N2O4/c1-4-23-15-8-7-14(11-16(15)24-5-2)17(21)19-12-18(13-22-3)9-6-10-20-18/h7-8,11,20H,4-6,9-10,12-13H2,1-3H3,(H,19,21). The van der Waals surface area contributed by atoms with Crippen molar-refractivity contribution in [1.29, 1.82) is 0 Å². The Balaban J connectivity index is 2.04. The molecule has 24 heavy (non-hydrogen) atoms. The van der Waals surface area contributed by atoms with Gasteiger partial charge in [0.25, 0.3) is 5.91 Å². The van der Waals surface area contributed by atoms with Gasteiger partial charge in [0.1, 0.15) is 0 Å². The fourth-order valence-corrected chi connectivity index (χ4v) is 3.01. The van der Waals surface area contributed by atoms with E-state index < -0.39 is 0 Å². The van der Waals surface area contributed by atoms with E-state index >= 15 is 0 Å². The Labute approximate surface area is 143 Å². The molecule has 134 valence electrons. The molecule has 0 aromatic heterocycles. The first-order valence-corrected chi connectivity index (χ1v) is 8.56. The van der Waals surface area contributed by atoms with Crippen molar-refractivity contribution in [3.63, 3.8) is 0 Å². The third-order valence-electron chi connectivity index (χ3n) is 4.15. The largest absolute Gasteiger partial charge is 0.490 e. The van der Waals surface area contributed by atoms with Gasteiger partial charge in [0, 0.05) is 19.2 Å². The van der Waals surface area contributed by atoms with Gasteiger partial charge in [-0.1, -0.05) is 0 Å². The quantitative estimate of drug-likeness (QED) is 0.722. The van der Waals surface area contributed by atoms with E-state index in [1.165, 1.54) is 0 Å². The van der Waals surface area contributed by atoms with Crippen molar-refractivity contribution < 1.29 is 19.0 Å². The molecule has 2 N–H and O–H groups in total. The molecule has 1 fully saturated rings. The third-order valence-corrected chi connectivity index (χ3v) is 4.15. The lowest BCUT2D eigenvalue weighted by Gasteiger charge is -2.29. The van der Waals surface area contributed by atoms with Gasteiger partial charge in [0.2, 0.25) is 0 Å². The van der Waals surface area contributed by atoms with Crippen molar-refractivity contribution in [2.24, 2.45) is 0 Å². The van der Waals surface area contributed by atoms with Crippen molar-refractivity contribution in [3.05, 3.63) is 23.8 Å². The Morgan fingerprint density at radius 2 is 2.00 bits per heavy atom. The van der Waals surface area contributed by atoms with E-state index in [1.807, 2.05) is 13.8 Å². The first kappa shape index (κ1) is 18.5. The number of amides is 1. The highest BCUT2D eigenvalue weighted by atomic mass is 16.5. The Kier molecular flexibility index (Phi) is 6.87. The zero-order valence-electron chi connectivity index (χ0n) is 14.8. The number of nitrogens with one attached hydrogen (secondary N) is 2. The minimum Gasteiger partial charge on any atom is -0.490 e. The molecule has 0 saturated carbocycles. The summed E-state index contributed by atoms with van der Waals surface area (Å²) in [6.07, 6.45) is 2.09. The van der Waals surface area contributed by atoms with Crippen LogP contribution in [0.15, 0.2) is 18.2 Å². The number of benzene rings is 1. The van der Waals surface area contributed by atoms with E-state index in [0.717, 1.165) is 19.4 Å². The molecule has 0 radical (unpaired) electrons. The molecule has 6 nitrogen and oxygen atoms in total. The summed E-state index contributed by atoms with van der Waals surface area (Å²) in [5, 5.41) is 6.46. The monoisotopic (exact) mass is 336 g/mol. The van der Waals surface area contributed by atoms with Crippen LogP contribution in [0.25, 0.3) is 0 Å². The van der Waals surface area contributed by atoms with Gasteiger partial charge in [-0.3, -0.25) is 4.79 Å². The average Bonchev–Trinajstić information content (AvgIpc) is 3.04. The first-order chi connectivity index (χ1) is 11.6. The summed E-state index contributed by atoms with van der Waals surface area (Å²) in [6.45, 7) is 6.97. The number of carbonyl (C=O) groups is 1. The number of rotatable bonds is 9. The van der Waals surface area contributed by atoms with Crippen LogP contribution in [0.2, 0.25) is 0 Å². The van der Waals surface area contributed by atoms with Crippen molar-refractivity contribution in [2.45, 2.75) is 32.2 Å². The van der Waals surface area contributed by atoms with Crippen LogP contribution in [0.1, 0.15) is 37.0 Å². The second-order valence-corrected chi connectivity index (χ2v) is 5.95. The van der Waals surface area contributed by atoms with Crippen LogP contribution >= 0.6 is 0 Å². The van der Waals surface area contributed by atoms with Gasteiger partial charge in [0.05, 0.1) is 25.4 Å². The fourth-order valence-electron chi connectivity index (χ4n) is 3.01. The molecule has 1 aliphatic heterocycles.